The van der Waals surface area contributed by atoms with Crippen molar-refractivity contribution in [1.82, 2.24) is 9.97 Å². The van der Waals surface area contributed by atoms with Crippen molar-refractivity contribution in [2.75, 3.05) is 23.3 Å². The molecule has 2 rings (SSSR count). The van der Waals surface area contributed by atoms with Crippen LogP contribution in [0.2, 0.25) is 0 Å². The number of hydrogen-bond acceptors (Lipinski definition) is 5. The Labute approximate surface area is 131 Å². The number of hydrogen-bond donors (Lipinski definition) is 1. The molecule has 0 atom stereocenters. The van der Waals surface area contributed by atoms with Crippen molar-refractivity contribution in [1.29, 1.82) is 0 Å². The van der Waals surface area contributed by atoms with Gasteiger partial charge < -0.3 is 10.2 Å². The van der Waals surface area contributed by atoms with Crippen LogP contribution in [0.15, 0.2) is 30.3 Å². The molecule has 0 fully saturated rings. The first kappa shape index (κ1) is 15.9. The van der Waals surface area contributed by atoms with Gasteiger partial charge in [-0.15, -0.1) is 0 Å². The molecule has 0 radical (unpaired) electrons. The van der Waals surface area contributed by atoms with Gasteiger partial charge in [0.25, 0.3) is 0 Å². The van der Waals surface area contributed by atoms with E-state index in [1.807, 2.05) is 25.1 Å². The van der Waals surface area contributed by atoms with Crippen molar-refractivity contribution in [3.63, 3.8) is 0 Å². The second-order valence-corrected chi connectivity index (χ2v) is 5.12. The first-order valence-electron chi connectivity index (χ1n) is 7.52. The molecule has 5 nitrogen and oxygen atoms in total. The molecule has 0 unspecified atom stereocenters. The Hall–Kier alpha value is -2.43. The minimum absolute atomic E-state index is 0.0576. The van der Waals surface area contributed by atoms with E-state index in [1.165, 1.54) is 0 Å². The summed E-state index contributed by atoms with van der Waals surface area (Å²) in [6, 6.07) is 9.30. The number of aromatic nitrogens is 2. The number of carbonyl (C=O) groups is 1. The Balaban J connectivity index is 2.23. The maximum atomic E-state index is 11.3. The van der Waals surface area contributed by atoms with Gasteiger partial charge in [0.1, 0.15) is 5.82 Å². The van der Waals surface area contributed by atoms with E-state index in [1.54, 1.807) is 19.1 Å². The molecule has 0 aliphatic heterocycles. The summed E-state index contributed by atoms with van der Waals surface area (Å²) in [6.45, 7) is 9.53. The molecule has 5 heteroatoms. The number of nitrogens with one attached hydrogen (secondary N) is 1. The van der Waals surface area contributed by atoms with Crippen LogP contribution >= 0.6 is 0 Å². The monoisotopic (exact) mass is 298 g/mol. The van der Waals surface area contributed by atoms with E-state index in [-0.39, 0.29) is 5.78 Å². The van der Waals surface area contributed by atoms with Crippen molar-refractivity contribution in [3.05, 3.63) is 41.6 Å². The SMILES string of the molecule is CCN(CC)c1cc(C)nc(Nc2ccc(C(C)=O)cc2)n1. The smallest absolute Gasteiger partial charge is 0.229 e. The summed E-state index contributed by atoms with van der Waals surface area (Å²) < 4.78 is 0. The molecule has 1 aromatic heterocycles. The highest BCUT2D eigenvalue weighted by Gasteiger charge is 2.08. The summed E-state index contributed by atoms with van der Waals surface area (Å²) in [5, 5.41) is 3.19. The van der Waals surface area contributed by atoms with E-state index in [4.69, 9.17) is 0 Å². The standard InChI is InChI=1S/C17H22N4O/c1-5-21(6-2)16-11-12(3)18-17(20-16)19-15-9-7-14(8-10-15)13(4)22/h7-11H,5-6H2,1-4H3,(H,18,19,20). The van der Waals surface area contributed by atoms with Crippen molar-refractivity contribution in [2.45, 2.75) is 27.7 Å². The fraction of sp³-hybridized carbons (Fsp3) is 0.353. The molecule has 0 saturated carbocycles. The van der Waals surface area contributed by atoms with E-state index < -0.39 is 0 Å². The summed E-state index contributed by atoms with van der Waals surface area (Å²) in [5.74, 6) is 1.54. The van der Waals surface area contributed by atoms with Gasteiger partial charge in [0, 0.05) is 36.1 Å². The summed E-state index contributed by atoms with van der Waals surface area (Å²) in [5.41, 5.74) is 2.47. The maximum Gasteiger partial charge on any atom is 0.229 e. The van der Waals surface area contributed by atoms with E-state index in [0.29, 0.717) is 11.5 Å². The van der Waals surface area contributed by atoms with Gasteiger partial charge in [0.2, 0.25) is 5.95 Å². The average molecular weight is 298 g/mol. The molecule has 0 bridgehead atoms. The number of carbonyl (C=O) groups excluding carboxylic acids is 1. The Bertz CT molecular complexity index is 648. The first-order valence-corrected chi connectivity index (χ1v) is 7.52. The molecular weight excluding hydrogens is 276 g/mol. The molecule has 1 heterocycles. The Morgan fingerprint density at radius 1 is 1.14 bits per heavy atom. The number of aryl methyl sites for hydroxylation is 1. The van der Waals surface area contributed by atoms with Crippen molar-refractivity contribution < 1.29 is 4.79 Å². The molecule has 22 heavy (non-hydrogen) atoms. The van der Waals surface area contributed by atoms with Crippen molar-refractivity contribution >= 4 is 23.2 Å². The first-order chi connectivity index (χ1) is 10.5. The van der Waals surface area contributed by atoms with Crippen molar-refractivity contribution in [2.24, 2.45) is 0 Å². The summed E-state index contributed by atoms with van der Waals surface area (Å²) in [7, 11) is 0. The fourth-order valence-corrected chi connectivity index (χ4v) is 2.23. The lowest BCUT2D eigenvalue weighted by Crippen LogP contribution is -2.23. The van der Waals surface area contributed by atoms with Crippen LogP contribution in [0.3, 0.4) is 0 Å². The van der Waals surface area contributed by atoms with E-state index in [2.05, 4.69) is 34.0 Å². The van der Waals surface area contributed by atoms with Gasteiger partial charge in [0.05, 0.1) is 0 Å². The van der Waals surface area contributed by atoms with Crippen LogP contribution in [0, 0.1) is 6.92 Å². The third-order valence-corrected chi connectivity index (χ3v) is 3.48. The molecule has 0 saturated heterocycles. The van der Waals surface area contributed by atoms with Gasteiger partial charge in [-0.1, -0.05) is 0 Å². The minimum atomic E-state index is 0.0576. The van der Waals surface area contributed by atoms with Gasteiger partial charge >= 0.3 is 0 Å². The van der Waals surface area contributed by atoms with Gasteiger partial charge in [-0.3, -0.25) is 4.79 Å². The van der Waals surface area contributed by atoms with E-state index in [0.717, 1.165) is 30.3 Å². The minimum Gasteiger partial charge on any atom is -0.357 e. The molecule has 2 aromatic rings. The third-order valence-electron chi connectivity index (χ3n) is 3.48. The lowest BCUT2D eigenvalue weighted by Gasteiger charge is -2.20. The Morgan fingerprint density at radius 2 is 1.77 bits per heavy atom. The lowest BCUT2D eigenvalue weighted by molar-refractivity contribution is 0.101. The largest absolute Gasteiger partial charge is 0.357 e. The van der Waals surface area contributed by atoms with Crippen LogP contribution in [-0.4, -0.2) is 28.8 Å². The number of nitrogens with zero attached hydrogens (tertiary/aromatic N) is 3. The van der Waals surface area contributed by atoms with Crippen LogP contribution < -0.4 is 10.2 Å². The molecule has 0 amide bonds. The van der Waals surface area contributed by atoms with Crippen LogP contribution in [-0.2, 0) is 0 Å². The fourth-order valence-electron chi connectivity index (χ4n) is 2.23. The predicted octanol–water partition coefficient (Wildman–Crippen LogP) is 3.58. The zero-order chi connectivity index (χ0) is 16.1. The molecule has 1 N–H and O–H groups in total. The predicted molar refractivity (Wildman–Crippen MR) is 90.1 cm³/mol. The second-order valence-electron chi connectivity index (χ2n) is 5.12. The number of ketones is 1. The molecule has 116 valence electrons. The quantitative estimate of drug-likeness (QED) is 0.826. The van der Waals surface area contributed by atoms with E-state index >= 15 is 0 Å². The van der Waals surface area contributed by atoms with Crippen LogP contribution in [0.1, 0.15) is 36.8 Å². The van der Waals surface area contributed by atoms with E-state index in [9.17, 15) is 4.79 Å². The number of Topliss-reactive ketones (excluding diaryl/α,β-unsaturated/α-hetero) is 1. The van der Waals surface area contributed by atoms with Crippen LogP contribution in [0.25, 0.3) is 0 Å². The number of rotatable bonds is 6. The number of benzene rings is 1. The highest BCUT2D eigenvalue weighted by atomic mass is 16.1. The highest BCUT2D eigenvalue weighted by molar-refractivity contribution is 5.94. The highest BCUT2D eigenvalue weighted by Crippen LogP contribution is 2.18. The van der Waals surface area contributed by atoms with Gasteiger partial charge in [-0.05, 0) is 52.0 Å². The Morgan fingerprint density at radius 3 is 2.32 bits per heavy atom. The van der Waals surface area contributed by atoms with Gasteiger partial charge in [-0.25, -0.2) is 4.98 Å². The van der Waals surface area contributed by atoms with Crippen molar-refractivity contribution in [3.8, 4) is 0 Å². The topological polar surface area (TPSA) is 58.1 Å². The summed E-state index contributed by atoms with van der Waals surface area (Å²) >= 11 is 0. The molecule has 0 aliphatic carbocycles. The summed E-state index contributed by atoms with van der Waals surface area (Å²) in [4.78, 5) is 22.5. The molecule has 0 aliphatic rings. The number of anilines is 3. The normalized spacial score (nSPS) is 10.4. The summed E-state index contributed by atoms with van der Waals surface area (Å²) in [6.07, 6.45) is 0. The second kappa shape index (κ2) is 7.02. The maximum absolute atomic E-state index is 11.3. The molecule has 1 aromatic carbocycles. The Kier molecular flexibility index (Phi) is 5.09. The average Bonchev–Trinajstić information content (AvgIpc) is 2.48. The molecular formula is C17H22N4O. The van der Waals surface area contributed by atoms with Crippen LogP contribution in [0.5, 0.6) is 0 Å². The van der Waals surface area contributed by atoms with Gasteiger partial charge in [-0.2, -0.15) is 4.98 Å². The third kappa shape index (κ3) is 3.81. The van der Waals surface area contributed by atoms with Crippen LogP contribution in [0.4, 0.5) is 17.5 Å². The zero-order valence-corrected chi connectivity index (χ0v) is 13.6. The lowest BCUT2D eigenvalue weighted by atomic mass is 10.1. The zero-order valence-electron chi connectivity index (χ0n) is 13.6. The molecule has 0 spiro atoms. The van der Waals surface area contributed by atoms with Gasteiger partial charge in [0.15, 0.2) is 5.78 Å².